The fourth-order valence-corrected chi connectivity index (χ4v) is 4.11. The van der Waals surface area contributed by atoms with E-state index in [2.05, 4.69) is 34.3 Å². The van der Waals surface area contributed by atoms with Gasteiger partial charge in [0.1, 0.15) is 13.2 Å². The van der Waals surface area contributed by atoms with E-state index in [-0.39, 0.29) is 23.8 Å². The molecule has 1 aromatic carbocycles. The Morgan fingerprint density at radius 3 is 2.50 bits per heavy atom. The van der Waals surface area contributed by atoms with Crippen molar-refractivity contribution in [1.29, 1.82) is 0 Å². The quantitative estimate of drug-likeness (QED) is 0.780. The van der Waals surface area contributed by atoms with Crippen LogP contribution in [0.1, 0.15) is 38.3 Å². The zero-order chi connectivity index (χ0) is 21.1. The van der Waals surface area contributed by atoms with Gasteiger partial charge in [0.2, 0.25) is 5.91 Å². The summed E-state index contributed by atoms with van der Waals surface area (Å²) < 4.78 is 11.3. The van der Waals surface area contributed by atoms with Gasteiger partial charge in [-0.2, -0.15) is 0 Å². The van der Waals surface area contributed by atoms with E-state index in [0.717, 1.165) is 48.8 Å². The van der Waals surface area contributed by atoms with Gasteiger partial charge in [-0.3, -0.25) is 4.79 Å². The third-order valence-electron chi connectivity index (χ3n) is 5.70. The van der Waals surface area contributed by atoms with Gasteiger partial charge in [-0.1, -0.05) is 31.5 Å². The molecule has 0 spiro atoms. The Morgan fingerprint density at radius 1 is 1.10 bits per heavy atom. The third kappa shape index (κ3) is 4.61. The molecule has 3 heterocycles. The first-order valence-electron chi connectivity index (χ1n) is 10.5. The minimum Gasteiger partial charge on any atom is -0.486 e. The van der Waals surface area contributed by atoms with Gasteiger partial charge in [0.25, 0.3) is 0 Å². The Kier molecular flexibility index (Phi) is 6.27. The normalized spacial score (nSPS) is 17.7. The van der Waals surface area contributed by atoms with E-state index in [1.807, 2.05) is 24.3 Å². The monoisotopic (exact) mass is 430 g/mol. The van der Waals surface area contributed by atoms with Crippen LogP contribution in [-0.2, 0) is 4.79 Å². The lowest BCUT2D eigenvalue weighted by atomic mass is 9.92. The summed E-state index contributed by atoms with van der Waals surface area (Å²) in [5.41, 5.74) is 1.04. The molecule has 1 N–H and O–H groups in total. The number of nitrogens with one attached hydrogen (secondary N) is 1. The maximum atomic E-state index is 13.0. The topological polar surface area (TPSA) is 76.6 Å². The minimum atomic E-state index is -0.0755. The van der Waals surface area contributed by atoms with Gasteiger partial charge in [-0.05, 0) is 48.6 Å². The maximum absolute atomic E-state index is 13.0. The van der Waals surface area contributed by atoms with Gasteiger partial charge in [-0.15, -0.1) is 10.2 Å². The number of aromatic nitrogens is 2. The second-order valence-electron chi connectivity index (χ2n) is 8.11. The third-order valence-corrected chi connectivity index (χ3v) is 5.90. The van der Waals surface area contributed by atoms with Crippen molar-refractivity contribution in [2.45, 2.75) is 32.7 Å². The van der Waals surface area contributed by atoms with Crippen LogP contribution in [0.25, 0.3) is 0 Å². The first-order valence-corrected chi connectivity index (χ1v) is 10.8. The lowest BCUT2D eigenvalue weighted by molar-refractivity contribution is -0.126. The number of benzene rings is 1. The molecule has 4 rings (SSSR count). The van der Waals surface area contributed by atoms with Crippen molar-refractivity contribution in [3.63, 3.8) is 0 Å². The van der Waals surface area contributed by atoms with Crippen LogP contribution >= 0.6 is 11.6 Å². The Hall–Kier alpha value is -2.54. The molecular formula is C22H27ClN4O3. The zero-order valence-electron chi connectivity index (χ0n) is 17.3. The molecule has 1 saturated heterocycles. The molecule has 1 aromatic heterocycles. The number of carbonyl (C=O) groups is 1. The molecule has 1 atom stereocenters. The van der Waals surface area contributed by atoms with E-state index in [4.69, 9.17) is 21.1 Å². The highest BCUT2D eigenvalue weighted by Gasteiger charge is 2.29. The highest BCUT2D eigenvalue weighted by atomic mass is 35.5. The van der Waals surface area contributed by atoms with Crippen LogP contribution in [0.3, 0.4) is 0 Å². The molecule has 0 bridgehead atoms. The molecule has 2 aliphatic rings. The number of ether oxygens (including phenoxy) is 2. The summed E-state index contributed by atoms with van der Waals surface area (Å²) in [7, 11) is 0. The lowest BCUT2D eigenvalue weighted by Gasteiger charge is -2.33. The number of anilines is 1. The van der Waals surface area contributed by atoms with Crippen molar-refractivity contribution in [3.05, 3.63) is 41.0 Å². The number of piperidine rings is 1. The molecule has 160 valence electrons. The Morgan fingerprint density at radius 2 is 1.83 bits per heavy atom. The first kappa shape index (κ1) is 20.7. The van der Waals surface area contributed by atoms with Crippen molar-refractivity contribution in [3.8, 4) is 11.5 Å². The van der Waals surface area contributed by atoms with Gasteiger partial charge < -0.3 is 19.7 Å². The van der Waals surface area contributed by atoms with E-state index in [9.17, 15) is 4.79 Å². The van der Waals surface area contributed by atoms with E-state index in [1.165, 1.54) is 0 Å². The summed E-state index contributed by atoms with van der Waals surface area (Å²) >= 11 is 5.82. The lowest BCUT2D eigenvalue weighted by Crippen LogP contribution is -2.42. The first-order chi connectivity index (χ1) is 14.5. The number of nitrogens with zero attached hydrogens (tertiary/aromatic N) is 3. The average Bonchev–Trinajstić information content (AvgIpc) is 2.77. The Balaban J connectivity index is 1.39. The summed E-state index contributed by atoms with van der Waals surface area (Å²) in [6, 6.07) is 9.46. The van der Waals surface area contributed by atoms with Crippen LogP contribution in [0.2, 0.25) is 5.15 Å². The summed E-state index contributed by atoms with van der Waals surface area (Å²) in [5, 5.41) is 11.7. The van der Waals surface area contributed by atoms with Gasteiger partial charge in [0.15, 0.2) is 22.5 Å². The number of halogens is 1. The second-order valence-corrected chi connectivity index (χ2v) is 8.50. The van der Waals surface area contributed by atoms with E-state index in [1.54, 1.807) is 6.07 Å². The number of hydrogen-bond acceptors (Lipinski definition) is 6. The van der Waals surface area contributed by atoms with E-state index in [0.29, 0.717) is 18.4 Å². The summed E-state index contributed by atoms with van der Waals surface area (Å²) in [5.74, 6) is 2.65. The number of amides is 1. The molecule has 0 unspecified atom stereocenters. The summed E-state index contributed by atoms with van der Waals surface area (Å²) in [6.45, 7) is 6.88. The van der Waals surface area contributed by atoms with Gasteiger partial charge in [0.05, 0.1) is 6.04 Å². The number of carbonyl (C=O) groups excluding carboxylic acids is 1. The zero-order valence-corrected chi connectivity index (χ0v) is 18.1. The molecular weight excluding hydrogens is 404 g/mol. The highest BCUT2D eigenvalue weighted by Crippen LogP contribution is 2.34. The van der Waals surface area contributed by atoms with Crippen molar-refractivity contribution in [2.24, 2.45) is 11.8 Å². The largest absolute Gasteiger partial charge is 0.486 e. The second kappa shape index (κ2) is 9.08. The maximum Gasteiger partial charge on any atom is 0.223 e. The number of fused-ring (bicyclic) bond motifs is 1. The molecule has 1 fully saturated rings. The predicted molar refractivity (Wildman–Crippen MR) is 115 cm³/mol. The Bertz CT molecular complexity index is 882. The van der Waals surface area contributed by atoms with Gasteiger partial charge in [-0.25, -0.2) is 0 Å². The van der Waals surface area contributed by atoms with Crippen LogP contribution in [-0.4, -0.2) is 42.4 Å². The molecule has 30 heavy (non-hydrogen) atoms. The fourth-order valence-electron chi connectivity index (χ4n) is 4.01. The molecule has 2 aromatic rings. The van der Waals surface area contributed by atoms with Crippen molar-refractivity contribution < 1.29 is 14.3 Å². The minimum absolute atomic E-state index is 0.0139. The average molecular weight is 431 g/mol. The molecule has 2 aliphatic heterocycles. The standard InChI is InChI=1S/C22H27ClN4O3/c1-14(2)21(16-3-4-17-18(13-16)30-12-11-29-17)24-22(28)15-7-9-27(10-8-15)20-6-5-19(23)25-26-20/h3-6,13-15,21H,7-12H2,1-2H3,(H,24,28)/t21-/m0/s1. The molecule has 0 aliphatic carbocycles. The molecule has 8 heteroatoms. The van der Waals surface area contributed by atoms with Crippen molar-refractivity contribution in [2.75, 3.05) is 31.2 Å². The van der Waals surface area contributed by atoms with Crippen LogP contribution in [0.15, 0.2) is 30.3 Å². The van der Waals surface area contributed by atoms with Crippen molar-refractivity contribution >= 4 is 23.3 Å². The number of hydrogen-bond donors (Lipinski definition) is 1. The van der Waals surface area contributed by atoms with Gasteiger partial charge in [0, 0.05) is 19.0 Å². The Labute approximate surface area is 181 Å². The summed E-state index contributed by atoms with van der Waals surface area (Å²) in [4.78, 5) is 15.2. The van der Waals surface area contributed by atoms with Crippen LogP contribution < -0.4 is 19.7 Å². The SMILES string of the molecule is CC(C)[C@H](NC(=O)C1CCN(c2ccc(Cl)nn2)CC1)c1ccc2c(c1)OCCO2. The molecule has 1 amide bonds. The molecule has 0 radical (unpaired) electrons. The van der Waals surface area contributed by atoms with Crippen LogP contribution in [0.4, 0.5) is 5.82 Å². The predicted octanol–water partition coefficient (Wildman–Crippen LogP) is 3.63. The van der Waals surface area contributed by atoms with Gasteiger partial charge >= 0.3 is 0 Å². The number of rotatable bonds is 5. The highest BCUT2D eigenvalue weighted by molar-refractivity contribution is 6.29. The van der Waals surface area contributed by atoms with Crippen LogP contribution in [0.5, 0.6) is 11.5 Å². The molecule has 0 saturated carbocycles. The van der Waals surface area contributed by atoms with E-state index >= 15 is 0 Å². The van der Waals surface area contributed by atoms with Crippen LogP contribution in [0, 0.1) is 11.8 Å². The smallest absolute Gasteiger partial charge is 0.223 e. The molecule has 7 nitrogen and oxygen atoms in total. The van der Waals surface area contributed by atoms with Crippen molar-refractivity contribution in [1.82, 2.24) is 15.5 Å². The fraction of sp³-hybridized carbons (Fsp3) is 0.500. The summed E-state index contributed by atoms with van der Waals surface area (Å²) in [6.07, 6.45) is 1.56. The van der Waals surface area contributed by atoms with E-state index < -0.39 is 0 Å².